The molecule has 0 aromatic heterocycles. The highest BCUT2D eigenvalue weighted by molar-refractivity contribution is 5.97. The van der Waals surface area contributed by atoms with Crippen molar-refractivity contribution >= 4 is 11.7 Å². The number of benzene rings is 1. The van der Waals surface area contributed by atoms with E-state index in [2.05, 4.69) is 10.5 Å². The molecule has 5 nitrogen and oxygen atoms in total. The third-order valence-electron chi connectivity index (χ3n) is 4.29. The number of hydrogen-bond acceptors (Lipinski definition) is 3. The molecule has 0 radical (unpaired) electrons. The number of rotatable bonds is 4. The molecule has 1 aliphatic carbocycles. The number of oxime groups is 1. The molecule has 5 heteroatoms. The number of nitrogens with two attached hydrogens (primary N) is 1. The number of nitrogens with zero attached hydrogens (tertiary/aromatic N) is 1. The molecule has 1 aromatic rings. The summed E-state index contributed by atoms with van der Waals surface area (Å²) in [5.41, 5.74) is 6.92. The monoisotopic (exact) mass is 289 g/mol. The Morgan fingerprint density at radius 2 is 2.10 bits per heavy atom. The first-order valence-electron chi connectivity index (χ1n) is 7.40. The standard InChI is InChI=1S/C16H23N3O2/c1-16(8-3-2-4-9-16)15(20)18-11-12-6-5-7-13(10-12)14(17)19-21/h5-7,10,21H,2-4,8-9,11H2,1H3,(H2,17,19)(H,18,20). The maximum Gasteiger partial charge on any atom is 0.226 e. The molecule has 0 saturated heterocycles. The van der Waals surface area contributed by atoms with Gasteiger partial charge in [0.25, 0.3) is 0 Å². The molecule has 0 unspecified atom stereocenters. The zero-order valence-electron chi connectivity index (χ0n) is 12.4. The van der Waals surface area contributed by atoms with Gasteiger partial charge in [-0.15, -0.1) is 0 Å². The second kappa shape index (κ2) is 6.61. The lowest BCUT2D eigenvalue weighted by Gasteiger charge is -2.32. The van der Waals surface area contributed by atoms with E-state index in [9.17, 15) is 4.79 Å². The van der Waals surface area contributed by atoms with Gasteiger partial charge in [0.1, 0.15) is 0 Å². The van der Waals surface area contributed by atoms with E-state index in [4.69, 9.17) is 10.9 Å². The van der Waals surface area contributed by atoms with Gasteiger partial charge in [-0.05, 0) is 24.5 Å². The van der Waals surface area contributed by atoms with Gasteiger partial charge < -0.3 is 16.3 Å². The lowest BCUT2D eigenvalue weighted by atomic mass is 9.75. The van der Waals surface area contributed by atoms with Crippen LogP contribution in [0.25, 0.3) is 0 Å². The summed E-state index contributed by atoms with van der Waals surface area (Å²) < 4.78 is 0. The van der Waals surface area contributed by atoms with Crippen LogP contribution in [0, 0.1) is 5.41 Å². The van der Waals surface area contributed by atoms with Crippen LogP contribution in [0.1, 0.15) is 50.2 Å². The van der Waals surface area contributed by atoms with E-state index in [-0.39, 0.29) is 17.2 Å². The molecule has 1 aromatic carbocycles. The Kier molecular flexibility index (Phi) is 4.83. The Bertz CT molecular complexity index is 534. The van der Waals surface area contributed by atoms with Crippen LogP contribution < -0.4 is 11.1 Å². The summed E-state index contributed by atoms with van der Waals surface area (Å²) in [6, 6.07) is 7.33. The number of carbonyl (C=O) groups is 1. The fourth-order valence-corrected chi connectivity index (χ4v) is 2.85. The van der Waals surface area contributed by atoms with Gasteiger partial charge >= 0.3 is 0 Å². The molecular formula is C16H23N3O2. The summed E-state index contributed by atoms with van der Waals surface area (Å²) in [5, 5.41) is 14.7. The molecule has 4 N–H and O–H groups in total. The smallest absolute Gasteiger partial charge is 0.226 e. The molecule has 114 valence electrons. The van der Waals surface area contributed by atoms with Crippen molar-refractivity contribution in [3.8, 4) is 0 Å². The van der Waals surface area contributed by atoms with Gasteiger partial charge in [0, 0.05) is 17.5 Å². The summed E-state index contributed by atoms with van der Waals surface area (Å²) in [6.45, 7) is 2.51. The maximum atomic E-state index is 12.4. The van der Waals surface area contributed by atoms with E-state index in [1.807, 2.05) is 25.1 Å². The topological polar surface area (TPSA) is 87.7 Å². The Labute approximate surface area is 125 Å². The molecule has 1 saturated carbocycles. The molecule has 1 fully saturated rings. The average Bonchev–Trinajstić information content (AvgIpc) is 2.52. The second-order valence-electron chi connectivity index (χ2n) is 5.99. The molecule has 2 rings (SSSR count). The number of amides is 1. The average molecular weight is 289 g/mol. The number of nitrogens with one attached hydrogen (secondary N) is 1. The molecular weight excluding hydrogens is 266 g/mol. The lowest BCUT2D eigenvalue weighted by molar-refractivity contribution is -0.132. The molecule has 0 aliphatic heterocycles. The fourth-order valence-electron chi connectivity index (χ4n) is 2.85. The van der Waals surface area contributed by atoms with Crippen LogP contribution >= 0.6 is 0 Å². The molecule has 0 bridgehead atoms. The Hall–Kier alpha value is -2.04. The summed E-state index contributed by atoms with van der Waals surface area (Å²) in [6.07, 6.45) is 5.41. The first kappa shape index (κ1) is 15.4. The van der Waals surface area contributed by atoms with Gasteiger partial charge in [-0.2, -0.15) is 0 Å². The van der Waals surface area contributed by atoms with E-state index in [1.165, 1.54) is 6.42 Å². The van der Waals surface area contributed by atoms with Crippen LogP contribution in [0.2, 0.25) is 0 Å². The third-order valence-corrected chi connectivity index (χ3v) is 4.29. The van der Waals surface area contributed by atoms with Crippen molar-refractivity contribution in [2.45, 2.75) is 45.6 Å². The van der Waals surface area contributed by atoms with Crippen LogP contribution in [0.4, 0.5) is 0 Å². The lowest BCUT2D eigenvalue weighted by Crippen LogP contribution is -2.39. The maximum absolute atomic E-state index is 12.4. The van der Waals surface area contributed by atoms with Gasteiger partial charge in [0.15, 0.2) is 5.84 Å². The van der Waals surface area contributed by atoms with E-state index < -0.39 is 0 Å². The molecule has 0 heterocycles. The summed E-state index contributed by atoms with van der Waals surface area (Å²) in [4.78, 5) is 12.4. The first-order valence-corrected chi connectivity index (χ1v) is 7.40. The van der Waals surface area contributed by atoms with Gasteiger partial charge in [-0.3, -0.25) is 4.79 Å². The highest BCUT2D eigenvalue weighted by atomic mass is 16.4. The first-order chi connectivity index (χ1) is 10.0. The van der Waals surface area contributed by atoms with Crippen LogP contribution in [-0.2, 0) is 11.3 Å². The van der Waals surface area contributed by atoms with Crippen molar-refractivity contribution in [1.29, 1.82) is 0 Å². The zero-order valence-corrected chi connectivity index (χ0v) is 12.4. The van der Waals surface area contributed by atoms with Crippen LogP contribution in [0.15, 0.2) is 29.4 Å². The van der Waals surface area contributed by atoms with Crippen molar-refractivity contribution in [3.05, 3.63) is 35.4 Å². The molecule has 1 aliphatic rings. The minimum atomic E-state index is -0.235. The van der Waals surface area contributed by atoms with Crippen LogP contribution in [-0.4, -0.2) is 17.0 Å². The Morgan fingerprint density at radius 3 is 2.76 bits per heavy atom. The summed E-state index contributed by atoms with van der Waals surface area (Å²) >= 11 is 0. The normalized spacial score (nSPS) is 18.2. The summed E-state index contributed by atoms with van der Waals surface area (Å²) in [7, 11) is 0. The highest BCUT2D eigenvalue weighted by Gasteiger charge is 2.34. The zero-order chi connectivity index (χ0) is 15.3. The minimum Gasteiger partial charge on any atom is -0.409 e. The molecule has 21 heavy (non-hydrogen) atoms. The van der Waals surface area contributed by atoms with Crippen LogP contribution in [0.5, 0.6) is 0 Å². The van der Waals surface area contributed by atoms with Crippen molar-refractivity contribution in [1.82, 2.24) is 5.32 Å². The Balaban J connectivity index is 1.98. The van der Waals surface area contributed by atoms with Crippen molar-refractivity contribution in [2.75, 3.05) is 0 Å². The molecule has 0 spiro atoms. The highest BCUT2D eigenvalue weighted by Crippen LogP contribution is 2.35. The van der Waals surface area contributed by atoms with Gasteiger partial charge in [-0.1, -0.05) is 49.5 Å². The quantitative estimate of drug-likeness (QED) is 0.344. The van der Waals surface area contributed by atoms with Crippen molar-refractivity contribution in [2.24, 2.45) is 16.3 Å². The third kappa shape index (κ3) is 3.74. The van der Waals surface area contributed by atoms with Gasteiger partial charge in [0.2, 0.25) is 5.91 Å². The van der Waals surface area contributed by atoms with E-state index in [0.29, 0.717) is 12.1 Å². The second-order valence-corrected chi connectivity index (χ2v) is 5.99. The number of amidine groups is 1. The minimum absolute atomic E-state index is 0.0717. The van der Waals surface area contributed by atoms with Crippen molar-refractivity contribution < 1.29 is 10.0 Å². The SMILES string of the molecule is CC1(C(=O)NCc2cccc(/C(N)=N/O)c2)CCCCC1. The van der Waals surface area contributed by atoms with Crippen molar-refractivity contribution in [3.63, 3.8) is 0 Å². The number of carbonyl (C=O) groups excluding carboxylic acids is 1. The predicted molar refractivity (Wildman–Crippen MR) is 82.0 cm³/mol. The van der Waals surface area contributed by atoms with E-state index in [1.54, 1.807) is 6.07 Å². The Morgan fingerprint density at radius 1 is 1.38 bits per heavy atom. The summed E-state index contributed by atoms with van der Waals surface area (Å²) in [5.74, 6) is 0.193. The van der Waals surface area contributed by atoms with E-state index >= 15 is 0 Å². The predicted octanol–water partition coefficient (Wildman–Crippen LogP) is 2.37. The van der Waals surface area contributed by atoms with Gasteiger partial charge in [-0.25, -0.2) is 0 Å². The van der Waals surface area contributed by atoms with Crippen LogP contribution in [0.3, 0.4) is 0 Å². The number of hydrogen-bond donors (Lipinski definition) is 3. The molecule has 0 atom stereocenters. The largest absolute Gasteiger partial charge is 0.409 e. The fraction of sp³-hybridized carbons (Fsp3) is 0.500. The van der Waals surface area contributed by atoms with E-state index in [0.717, 1.165) is 31.2 Å². The van der Waals surface area contributed by atoms with Gasteiger partial charge in [0.05, 0.1) is 0 Å². The molecule has 1 amide bonds.